The summed E-state index contributed by atoms with van der Waals surface area (Å²) in [6, 6.07) is 6.86. The Labute approximate surface area is 110 Å². The van der Waals surface area contributed by atoms with Crippen molar-refractivity contribution in [2.75, 3.05) is 0 Å². The SMILES string of the molecule is C=C(CC(=O)N[C@@H](C)c1ccc(Cl)cc1)C(=O)O. The zero-order valence-corrected chi connectivity index (χ0v) is 10.7. The lowest BCUT2D eigenvalue weighted by Gasteiger charge is -2.14. The third kappa shape index (κ3) is 4.22. The van der Waals surface area contributed by atoms with Gasteiger partial charge in [-0.25, -0.2) is 4.79 Å². The molecule has 5 heteroatoms. The first-order valence-corrected chi connectivity index (χ1v) is 5.74. The first-order chi connectivity index (χ1) is 8.40. The van der Waals surface area contributed by atoms with Crippen LogP contribution in [-0.2, 0) is 9.59 Å². The lowest BCUT2D eigenvalue weighted by atomic mass is 10.1. The summed E-state index contributed by atoms with van der Waals surface area (Å²) in [4.78, 5) is 22.1. The zero-order valence-electron chi connectivity index (χ0n) is 9.94. The molecular formula is C13H14ClNO3. The number of halogens is 1. The van der Waals surface area contributed by atoms with Crippen LogP contribution in [-0.4, -0.2) is 17.0 Å². The molecule has 0 radical (unpaired) electrons. The Morgan fingerprint density at radius 2 is 1.94 bits per heavy atom. The van der Waals surface area contributed by atoms with Gasteiger partial charge in [0.1, 0.15) is 0 Å². The first-order valence-electron chi connectivity index (χ1n) is 5.36. The van der Waals surface area contributed by atoms with Crippen LogP contribution in [0.25, 0.3) is 0 Å². The molecule has 96 valence electrons. The van der Waals surface area contributed by atoms with Crippen molar-refractivity contribution in [3.63, 3.8) is 0 Å². The topological polar surface area (TPSA) is 66.4 Å². The van der Waals surface area contributed by atoms with E-state index in [0.29, 0.717) is 5.02 Å². The minimum absolute atomic E-state index is 0.129. The van der Waals surface area contributed by atoms with E-state index in [1.165, 1.54) is 0 Å². The van der Waals surface area contributed by atoms with Crippen LogP contribution < -0.4 is 5.32 Å². The number of rotatable bonds is 5. The van der Waals surface area contributed by atoms with E-state index in [2.05, 4.69) is 11.9 Å². The highest BCUT2D eigenvalue weighted by atomic mass is 35.5. The number of hydrogen-bond acceptors (Lipinski definition) is 2. The summed E-state index contributed by atoms with van der Waals surface area (Å²) in [5.74, 6) is -1.53. The van der Waals surface area contributed by atoms with Crippen LogP contribution >= 0.6 is 11.6 Å². The molecule has 0 saturated heterocycles. The number of benzene rings is 1. The number of hydrogen-bond donors (Lipinski definition) is 2. The molecule has 0 heterocycles. The second-order valence-electron chi connectivity index (χ2n) is 3.93. The average Bonchev–Trinajstić information content (AvgIpc) is 2.29. The molecular weight excluding hydrogens is 254 g/mol. The van der Waals surface area contributed by atoms with Gasteiger partial charge in [-0.15, -0.1) is 0 Å². The van der Waals surface area contributed by atoms with Crippen molar-refractivity contribution in [1.82, 2.24) is 5.32 Å². The lowest BCUT2D eigenvalue weighted by Crippen LogP contribution is -2.27. The Kier molecular flexibility index (Phi) is 4.92. The summed E-state index contributed by atoms with van der Waals surface area (Å²) < 4.78 is 0. The molecule has 1 rings (SSSR count). The van der Waals surface area contributed by atoms with Crippen molar-refractivity contribution >= 4 is 23.5 Å². The fourth-order valence-electron chi connectivity index (χ4n) is 1.40. The van der Waals surface area contributed by atoms with E-state index in [4.69, 9.17) is 16.7 Å². The zero-order chi connectivity index (χ0) is 13.7. The summed E-state index contributed by atoms with van der Waals surface area (Å²) in [6.07, 6.45) is -0.215. The minimum Gasteiger partial charge on any atom is -0.478 e. The van der Waals surface area contributed by atoms with E-state index in [1.54, 1.807) is 24.3 Å². The molecule has 18 heavy (non-hydrogen) atoms. The fourth-order valence-corrected chi connectivity index (χ4v) is 1.52. The Morgan fingerprint density at radius 1 is 1.39 bits per heavy atom. The van der Waals surface area contributed by atoms with Crippen molar-refractivity contribution in [1.29, 1.82) is 0 Å². The number of aliphatic carboxylic acids is 1. The summed E-state index contributed by atoms with van der Waals surface area (Å²) in [5, 5.41) is 11.9. The van der Waals surface area contributed by atoms with Gasteiger partial charge in [0.05, 0.1) is 12.5 Å². The standard InChI is InChI=1S/C13H14ClNO3/c1-8(13(17)18)7-12(16)15-9(2)10-3-5-11(14)6-4-10/h3-6,9H,1,7H2,2H3,(H,15,16)(H,17,18)/t9-/m0/s1. The van der Waals surface area contributed by atoms with Gasteiger partial charge in [0, 0.05) is 10.6 Å². The fraction of sp³-hybridized carbons (Fsp3) is 0.231. The Balaban J connectivity index is 2.57. The van der Waals surface area contributed by atoms with Crippen LogP contribution in [0.5, 0.6) is 0 Å². The third-order valence-electron chi connectivity index (χ3n) is 2.42. The van der Waals surface area contributed by atoms with Gasteiger partial charge in [0.15, 0.2) is 0 Å². The maximum atomic E-state index is 11.5. The van der Waals surface area contributed by atoms with Crippen molar-refractivity contribution < 1.29 is 14.7 Å². The van der Waals surface area contributed by atoms with E-state index in [9.17, 15) is 9.59 Å². The van der Waals surface area contributed by atoms with Gasteiger partial charge in [-0.2, -0.15) is 0 Å². The molecule has 1 amide bonds. The number of carboxylic acid groups (broad SMARTS) is 1. The molecule has 0 aliphatic carbocycles. The van der Waals surface area contributed by atoms with Crippen LogP contribution in [0, 0.1) is 0 Å². The molecule has 2 N–H and O–H groups in total. The summed E-state index contributed by atoms with van der Waals surface area (Å²) in [7, 11) is 0. The molecule has 0 bridgehead atoms. The summed E-state index contributed by atoms with van der Waals surface area (Å²) in [5.41, 5.74) is 0.768. The highest BCUT2D eigenvalue weighted by molar-refractivity contribution is 6.30. The van der Waals surface area contributed by atoms with Gasteiger partial charge in [-0.3, -0.25) is 4.79 Å². The van der Waals surface area contributed by atoms with Crippen molar-refractivity contribution in [3.05, 3.63) is 47.0 Å². The van der Waals surface area contributed by atoms with Gasteiger partial charge < -0.3 is 10.4 Å². The number of carbonyl (C=O) groups is 2. The van der Waals surface area contributed by atoms with Gasteiger partial charge in [-0.05, 0) is 24.6 Å². The molecule has 0 fully saturated rings. The van der Waals surface area contributed by atoms with E-state index in [-0.39, 0.29) is 23.9 Å². The van der Waals surface area contributed by atoms with Crippen LogP contribution in [0.3, 0.4) is 0 Å². The molecule has 1 atom stereocenters. The number of carboxylic acids is 1. The van der Waals surface area contributed by atoms with Crippen molar-refractivity contribution in [2.24, 2.45) is 0 Å². The van der Waals surface area contributed by atoms with Gasteiger partial charge in [-0.1, -0.05) is 30.3 Å². The Hall–Kier alpha value is -1.81. The lowest BCUT2D eigenvalue weighted by molar-refractivity contribution is -0.134. The molecule has 0 spiro atoms. The number of amides is 1. The van der Waals surface area contributed by atoms with Crippen LogP contribution in [0.1, 0.15) is 24.9 Å². The number of carbonyl (C=O) groups excluding carboxylic acids is 1. The van der Waals surface area contributed by atoms with Gasteiger partial charge >= 0.3 is 5.97 Å². The maximum absolute atomic E-state index is 11.5. The second kappa shape index (κ2) is 6.21. The summed E-state index contributed by atoms with van der Waals surface area (Å²) >= 11 is 5.76. The van der Waals surface area contributed by atoms with E-state index >= 15 is 0 Å². The van der Waals surface area contributed by atoms with E-state index in [0.717, 1.165) is 5.56 Å². The smallest absolute Gasteiger partial charge is 0.331 e. The van der Waals surface area contributed by atoms with Gasteiger partial charge in [0.2, 0.25) is 5.91 Å². The molecule has 0 aliphatic heterocycles. The minimum atomic E-state index is -1.16. The molecule has 0 saturated carbocycles. The highest BCUT2D eigenvalue weighted by Crippen LogP contribution is 2.16. The van der Waals surface area contributed by atoms with E-state index in [1.807, 2.05) is 6.92 Å². The molecule has 0 unspecified atom stereocenters. The number of nitrogens with one attached hydrogen (secondary N) is 1. The second-order valence-corrected chi connectivity index (χ2v) is 4.36. The van der Waals surface area contributed by atoms with Crippen molar-refractivity contribution in [3.8, 4) is 0 Å². The van der Waals surface area contributed by atoms with Crippen LogP contribution in [0.2, 0.25) is 5.02 Å². The largest absolute Gasteiger partial charge is 0.478 e. The predicted molar refractivity (Wildman–Crippen MR) is 69.4 cm³/mol. The monoisotopic (exact) mass is 267 g/mol. The summed E-state index contributed by atoms with van der Waals surface area (Å²) in [6.45, 7) is 5.12. The normalized spacial score (nSPS) is 11.7. The quantitative estimate of drug-likeness (QED) is 0.806. The molecule has 1 aromatic carbocycles. The first kappa shape index (κ1) is 14.3. The Morgan fingerprint density at radius 3 is 2.44 bits per heavy atom. The molecule has 0 aliphatic rings. The third-order valence-corrected chi connectivity index (χ3v) is 2.68. The highest BCUT2D eigenvalue weighted by Gasteiger charge is 2.13. The molecule has 0 aromatic heterocycles. The molecule has 1 aromatic rings. The Bertz CT molecular complexity index is 468. The average molecular weight is 268 g/mol. The van der Waals surface area contributed by atoms with Crippen molar-refractivity contribution in [2.45, 2.75) is 19.4 Å². The van der Waals surface area contributed by atoms with Crippen LogP contribution in [0.15, 0.2) is 36.4 Å². The van der Waals surface area contributed by atoms with Crippen LogP contribution in [0.4, 0.5) is 0 Å². The van der Waals surface area contributed by atoms with E-state index < -0.39 is 5.97 Å². The molecule has 4 nitrogen and oxygen atoms in total. The predicted octanol–water partition coefficient (Wildman–Crippen LogP) is 2.55. The maximum Gasteiger partial charge on any atom is 0.331 e. The van der Waals surface area contributed by atoms with Gasteiger partial charge in [0.25, 0.3) is 0 Å².